The molecule has 0 radical (unpaired) electrons. The summed E-state index contributed by atoms with van der Waals surface area (Å²) in [6.07, 6.45) is 2.54. The van der Waals surface area contributed by atoms with Crippen LogP contribution in [0.25, 0.3) is 0 Å². The van der Waals surface area contributed by atoms with Crippen molar-refractivity contribution < 1.29 is 0 Å². The predicted octanol–water partition coefficient (Wildman–Crippen LogP) is 1.66. The Kier molecular flexibility index (Phi) is 4.31. The quantitative estimate of drug-likeness (QED) is 0.821. The lowest BCUT2D eigenvalue weighted by molar-refractivity contribution is 0.128. The first-order valence-corrected chi connectivity index (χ1v) is 6.40. The third-order valence-corrected chi connectivity index (χ3v) is 3.52. The number of nitrogens with zero attached hydrogens (tertiary/aromatic N) is 4. The first kappa shape index (κ1) is 12.7. The Morgan fingerprint density at radius 2 is 2.29 bits per heavy atom. The smallest absolute Gasteiger partial charge is 0.151 e. The van der Waals surface area contributed by atoms with E-state index in [0.717, 1.165) is 18.8 Å². The summed E-state index contributed by atoms with van der Waals surface area (Å²) in [5, 5.41) is 8.42. The zero-order chi connectivity index (χ0) is 12.3. The highest BCUT2D eigenvalue weighted by Gasteiger charge is 2.21. The molecule has 1 atom stereocenters. The van der Waals surface area contributed by atoms with Gasteiger partial charge in [-0.15, -0.1) is 5.10 Å². The predicted molar refractivity (Wildman–Crippen MR) is 69.0 cm³/mol. The molecule has 0 saturated carbocycles. The third-order valence-electron chi connectivity index (χ3n) is 3.32. The van der Waals surface area contributed by atoms with Crippen LogP contribution in [0.5, 0.6) is 0 Å². The molecule has 1 fully saturated rings. The number of rotatable bonds is 3. The van der Waals surface area contributed by atoms with Gasteiger partial charge in [-0.05, 0) is 45.6 Å². The minimum Gasteiger partial charge on any atom is -0.305 e. The van der Waals surface area contributed by atoms with E-state index in [4.69, 9.17) is 11.6 Å². The molecule has 2 heterocycles. The van der Waals surface area contributed by atoms with Gasteiger partial charge in [0.05, 0.1) is 5.69 Å². The van der Waals surface area contributed by atoms with Crippen molar-refractivity contribution in [3.63, 3.8) is 0 Å². The highest BCUT2D eigenvalue weighted by Crippen LogP contribution is 2.15. The van der Waals surface area contributed by atoms with E-state index >= 15 is 0 Å². The summed E-state index contributed by atoms with van der Waals surface area (Å²) in [6.45, 7) is 3.19. The largest absolute Gasteiger partial charge is 0.305 e. The van der Waals surface area contributed by atoms with E-state index in [1.54, 1.807) is 6.07 Å². The third kappa shape index (κ3) is 3.63. The van der Waals surface area contributed by atoms with Gasteiger partial charge in [-0.1, -0.05) is 11.6 Å². The van der Waals surface area contributed by atoms with Gasteiger partial charge in [0, 0.05) is 19.1 Å². The van der Waals surface area contributed by atoms with Gasteiger partial charge < -0.3 is 4.90 Å². The van der Waals surface area contributed by atoms with Gasteiger partial charge in [0.25, 0.3) is 0 Å². The monoisotopic (exact) mass is 254 g/mol. The molecule has 0 aliphatic carbocycles. The lowest BCUT2D eigenvalue weighted by Gasteiger charge is -2.35. The Hall–Kier alpha value is -0.710. The van der Waals surface area contributed by atoms with Crippen molar-refractivity contribution in [1.82, 2.24) is 20.0 Å². The van der Waals surface area contributed by atoms with Gasteiger partial charge in [-0.3, -0.25) is 4.90 Å². The molecule has 0 N–H and O–H groups in total. The highest BCUT2D eigenvalue weighted by molar-refractivity contribution is 6.29. The topological polar surface area (TPSA) is 32.3 Å². The van der Waals surface area contributed by atoms with Crippen molar-refractivity contribution in [1.29, 1.82) is 0 Å². The van der Waals surface area contributed by atoms with E-state index in [-0.39, 0.29) is 0 Å². The maximum atomic E-state index is 5.72. The number of likely N-dealkylation sites (tertiary alicyclic amines) is 1. The van der Waals surface area contributed by atoms with Crippen molar-refractivity contribution in [2.45, 2.75) is 25.4 Å². The molecule has 0 amide bonds. The van der Waals surface area contributed by atoms with Crippen LogP contribution < -0.4 is 0 Å². The fourth-order valence-electron chi connectivity index (χ4n) is 2.31. The molecule has 0 aromatic carbocycles. The van der Waals surface area contributed by atoms with Crippen molar-refractivity contribution in [3.05, 3.63) is 23.0 Å². The second kappa shape index (κ2) is 5.76. The number of likely N-dealkylation sites (N-methyl/N-ethyl adjacent to an activating group) is 2. The summed E-state index contributed by atoms with van der Waals surface area (Å²) in [5.74, 6) is 0. The minimum absolute atomic E-state index is 0.453. The van der Waals surface area contributed by atoms with Crippen LogP contribution in [0.1, 0.15) is 18.5 Å². The summed E-state index contributed by atoms with van der Waals surface area (Å²) < 4.78 is 0. The van der Waals surface area contributed by atoms with Gasteiger partial charge in [0.2, 0.25) is 0 Å². The molecule has 1 aliphatic heterocycles. The summed E-state index contributed by atoms with van der Waals surface area (Å²) in [6, 6.07) is 4.36. The Bertz CT molecular complexity index is 354. The van der Waals surface area contributed by atoms with Crippen LogP contribution in [0.3, 0.4) is 0 Å². The lowest BCUT2D eigenvalue weighted by Crippen LogP contribution is -2.44. The van der Waals surface area contributed by atoms with Gasteiger partial charge in [-0.2, -0.15) is 5.10 Å². The second-order valence-corrected chi connectivity index (χ2v) is 5.21. The number of piperidine rings is 1. The van der Waals surface area contributed by atoms with Crippen molar-refractivity contribution in [3.8, 4) is 0 Å². The van der Waals surface area contributed by atoms with Crippen LogP contribution in [-0.4, -0.2) is 53.2 Å². The number of hydrogen-bond acceptors (Lipinski definition) is 4. The molecule has 4 nitrogen and oxygen atoms in total. The first-order chi connectivity index (χ1) is 8.15. The molecule has 1 aromatic rings. The van der Waals surface area contributed by atoms with Crippen LogP contribution in [0.2, 0.25) is 5.15 Å². The van der Waals surface area contributed by atoms with Gasteiger partial charge in [-0.25, -0.2) is 0 Å². The first-order valence-electron chi connectivity index (χ1n) is 6.02. The number of aromatic nitrogens is 2. The van der Waals surface area contributed by atoms with E-state index in [0.29, 0.717) is 11.2 Å². The van der Waals surface area contributed by atoms with Crippen LogP contribution >= 0.6 is 11.6 Å². The molecule has 17 heavy (non-hydrogen) atoms. The van der Waals surface area contributed by atoms with Crippen LogP contribution in [0, 0.1) is 0 Å². The van der Waals surface area contributed by atoms with E-state index < -0.39 is 0 Å². The standard InChI is InChI=1S/C12H19ClN4/c1-16-7-3-4-11(9-16)17(2)8-10-5-6-12(13)15-14-10/h5-6,11H,3-4,7-9H2,1-2H3. The van der Waals surface area contributed by atoms with Crippen LogP contribution in [0.15, 0.2) is 12.1 Å². The number of hydrogen-bond donors (Lipinski definition) is 0. The Labute approximate surface area is 108 Å². The average Bonchev–Trinajstić information content (AvgIpc) is 2.32. The van der Waals surface area contributed by atoms with Gasteiger partial charge in [0.15, 0.2) is 5.15 Å². The molecular weight excluding hydrogens is 236 g/mol. The van der Waals surface area contributed by atoms with Gasteiger partial charge in [0.1, 0.15) is 0 Å². The maximum absolute atomic E-state index is 5.72. The number of halogens is 1. The van der Waals surface area contributed by atoms with E-state index in [1.807, 2.05) is 6.07 Å². The Morgan fingerprint density at radius 1 is 1.47 bits per heavy atom. The zero-order valence-corrected chi connectivity index (χ0v) is 11.2. The second-order valence-electron chi connectivity index (χ2n) is 4.82. The molecule has 2 rings (SSSR count). The van der Waals surface area contributed by atoms with Crippen molar-refractivity contribution in [2.24, 2.45) is 0 Å². The molecule has 1 aliphatic rings. The van der Waals surface area contributed by atoms with E-state index in [2.05, 4.69) is 34.1 Å². The lowest BCUT2D eigenvalue weighted by atomic mass is 10.1. The van der Waals surface area contributed by atoms with E-state index in [9.17, 15) is 0 Å². The van der Waals surface area contributed by atoms with Crippen LogP contribution in [-0.2, 0) is 6.54 Å². The fraction of sp³-hybridized carbons (Fsp3) is 0.667. The van der Waals surface area contributed by atoms with Gasteiger partial charge >= 0.3 is 0 Å². The summed E-state index contributed by atoms with van der Waals surface area (Å²) in [7, 11) is 4.34. The fourth-order valence-corrected chi connectivity index (χ4v) is 2.41. The molecule has 1 unspecified atom stereocenters. The molecule has 0 bridgehead atoms. The van der Waals surface area contributed by atoms with Crippen molar-refractivity contribution in [2.75, 3.05) is 27.2 Å². The minimum atomic E-state index is 0.453. The normalized spacial score (nSPS) is 22.0. The molecule has 1 saturated heterocycles. The maximum Gasteiger partial charge on any atom is 0.151 e. The Balaban J connectivity index is 1.91. The summed E-state index contributed by atoms with van der Waals surface area (Å²) in [4.78, 5) is 4.74. The summed E-state index contributed by atoms with van der Waals surface area (Å²) in [5.41, 5.74) is 0.977. The Morgan fingerprint density at radius 3 is 2.94 bits per heavy atom. The highest BCUT2D eigenvalue weighted by atomic mass is 35.5. The van der Waals surface area contributed by atoms with Crippen LogP contribution in [0.4, 0.5) is 0 Å². The molecule has 5 heteroatoms. The summed E-state index contributed by atoms with van der Waals surface area (Å²) >= 11 is 5.72. The molecular formula is C12H19ClN4. The van der Waals surface area contributed by atoms with Crippen molar-refractivity contribution >= 4 is 11.6 Å². The molecule has 94 valence electrons. The molecule has 0 spiro atoms. The average molecular weight is 255 g/mol. The van der Waals surface area contributed by atoms with E-state index in [1.165, 1.54) is 19.4 Å². The SMILES string of the molecule is CN1CCCC(N(C)Cc2ccc(Cl)nn2)C1. The molecule has 1 aromatic heterocycles. The zero-order valence-electron chi connectivity index (χ0n) is 10.4.